The van der Waals surface area contributed by atoms with E-state index in [9.17, 15) is 9.59 Å². The molecule has 0 saturated carbocycles. The third kappa shape index (κ3) is 3.87. The van der Waals surface area contributed by atoms with E-state index in [1.54, 1.807) is 41.1 Å². The molecule has 0 fully saturated rings. The van der Waals surface area contributed by atoms with Crippen molar-refractivity contribution >= 4 is 23.2 Å². The predicted molar refractivity (Wildman–Crippen MR) is 126 cm³/mol. The fraction of sp³-hybridized carbons (Fsp3) is 0.120. The molecule has 0 aliphatic carbocycles. The van der Waals surface area contributed by atoms with E-state index in [2.05, 4.69) is 5.32 Å². The SMILES string of the molecule is COc1ccccc1NC(=O)Cn1c2c(c(=O)n1-c1ccccc1)Cc1cc(Cl)ccc1O2. The number of hydrogen-bond donors (Lipinski definition) is 1. The largest absolute Gasteiger partial charge is 0.495 e. The van der Waals surface area contributed by atoms with Gasteiger partial charge in [-0.05, 0) is 42.5 Å². The van der Waals surface area contributed by atoms with Crippen LogP contribution < -0.4 is 20.3 Å². The molecule has 7 nitrogen and oxygen atoms in total. The van der Waals surface area contributed by atoms with E-state index < -0.39 is 0 Å². The third-order valence-corrected chi connectivity index (χ3v) is 5.69. The van der Waals surface area contributed by atoms with Gasteiger partial charge in [0.2, 0.25) is 11.8 Å². The molecule has 0 spiro atoms. The Hall–Kier alpha value is -3.97. The number of nitrogens with one attached hydrogen (secondary N) is 1. The molecule has 2 heterocycles. The zero-order valence-electron chi connectivity index (χ0n) is 17.7. The Morgan fingerprint density at radius 2 is 1.85 bits per heavy atom. The van der Waals surface area contributed by atoms with Gasteiger partial charge in [-0.3, -0.25) is 9.59 Å². The second-order valence-electron chi connectivity index (χ2n) is 7.57. The average Bonchev–Trinajstić information content (AvgIpc) is 3.09. The number of para-hydroxylation sites is 3. The number of benzene rings is 3. The van der Waals surface area contributed by atoms with Crippen LogP contribution in [-0.4, -0.2) is 22.4 Å². The Bertz CT molecular complexity index is 1410. The summed E-state index contributed by atoms with van der Waals surface area (Å²) in [5, 5.41) is 3.43. The van der Waals surface area contributed by atoms with Crippen LogP contribution in [0.25, 0.3) is 5.69 Å². The van der Waals surface area contributed by atoms with Gasteiger partial charge in [0.1, 0.15) is 18.0 Å². The predicted octanol–water partition coefficient (Wildman–Crippen LogP) is 4.64. The van der Waals surface area contributed by atoms with Crippen molar-refractivity contribution in [2.45, 2.75) is 13.0 Å². The summed E-state index contributed by atoms with van der Waals surface area (Å²) in [5.74, 6) is 1.17. The summed E-state index contributed by atoms with van der Waals surface area (Å²) in [5.41, 5.74) is 2.22. The molecule has 1 aromatic heterocycles. The van der Waals surface area contributed by atoms with Crippen molar-refractivity contribution < 1.29 is 14.3 Å². The van der Waals surface area contributed by atoms with Gasteiger partial charge in [0.05, 0.1) is 24.0 Å². The summed E-state index contributed by atoms with van der Waals surface area (Å²) < 4.78 is 14.5. The molecular weight excluding hydrogens is 442 g/mol. The molecule has 1 aliphatic heterocycles. The highest BCUT2D eigenvalue weighted by atomic mass is 35.5. The van der Waals surface area contributed by atoms with Gasteiger partial charge >= 0.3 is 0 Å². The van der Waals surface area contributed by atoms with Gasteiger partial charge in [-0.15, -0.1) is 0 Å². The van der Waals surface area contributed by atoms with Gasteiger partial charge in [0.25, 0.3) is 5.56 Å². The Kier molecular flexibility index (Phi) is 5.40. The topological polar surface area (TPSA) is 74.5 Å². The number of anilines is 1. The molecule has 0 saturated heterocycles. The molecule has 33 heavy (non-hydrogen) atoms. The molecule has 1 amide bonds. The minimum absolute atomic E-state index is 0.138. The molecule has 0 unspecified atom stereocenters. The highest BCUT2D eigenvalue weighted by Crippen LogP contribution is 2.37. The van der Waals surface area contributed by atoms with Gasteiger partial charge < -0.3 is 14.8 Å². The molecular formula is C25H20ClN3O4. The second kappa shape index (κ2) is 8.52. The molecule has 4 aromatic rings. The van der Waals surface area contributed by atoms with Gasteiger partial charge in [-0.2, -0.15) is 0 Å². The van der Waals surface area contributed by atoms with Crippen molar-refractivity contribution in [2.24, 2.45) is 0 Å². The number of rotatable bonds is 5. The summed E-state index contributed by atoms with van der Waals surface area (Å²) in [6, 6.07) is 21.6. The van der Waals surface area contributed by atoms with Crippen molar-refractivity contribution in [3.05, 3.63) is 99.3 Å². The summed E-state index contributed by atoms with van der Waals surface area (Å²) in [4.78, 5) is 26.5. The van der Waals surface area contributed by atoms with E-state index in [0.29, 0.717) is 45.8 Å². The molecule has 3 aromatic carbocycles. The maximum atomic E-state index is 13.4. The van der Waals surface area contributed by atoms with E-state index in [1.165, 1.54) is 11.8 Å². The number of ether oxygens (including phenoxy) is 2. The number of aromatic nitrogens is 2. The van der Waals surface area contributed by atoms with E-state index in [0.717, 1.165) is 5.56 Å². The van der Waals surface area contributed by atoms with Crippen molar-refractivity contribution in [1.82, 2.24) is 9.36 Å². The highest BCUT2D eigenvalue weighted by molar-refractivity contribution is 6.30. The molecule has 1 aliphatic rings. The lowest BCUT2D eigenvalue weighted by molar-refractivity contribution is -0.117. The summed E-state index contributed by atoms with van der Waals surface area (Å²) in [7, 11) is 1.54. The molecule has 0 bridgehead atoms. The smallest absolute Gasteiger partial charge is 0.278 e. The monoisotopic (exact) mass is 461 g/mol. The quantitative estimate of drug-likeness (QED) is 0.414. The van der Waals surface area contributed by atoms with Gasteiger partial charge in [-0.25, -0.2) is 9.36 Å². The van der Waals surface area contributed by atoms with Crippen LogP contribution in [0.5, 0.6) is 17.4 Å². The van der Waals surface area contributed by atoms with Gasteiger partial charge in [0, 0.05) is 17.0 Å². The average molecular weight is 462 g/mol. The first-order chi connectivity index (χ1) is 16.0. The van der Waals surface area contributed by atoms with E-state index >= 15 is 0 Å². The second-order valence-corrected chi connectivity index (χ2v) is 8.01. The Morgan fingerprint density at radius 3 is 2.64 bits per heavy atom. The summed E-state index contributed by atoms with van der Waals surface area (Å²) >= 11 is 6.14. The number of carbonyl (C=O) groups excluding carboxylic acids is 1. The number of carbonyl (C=O) groups is 1. The first-order valence-corrected chi connectivity index (χ1v) is 10.7. The normalized spacial score (nSPS) is 11.8. The van der Waals surface area contributed by atoms with Crippen molar-refractivity contribution in [1.29, 1.82) is 0 Å². The number of hydrogen-bond acceptors (Lipinski definition) is 4. The van der Waals surface area contributed by atoms with Gasteiger partial charge in [0.15, 0.2) is 0 Å². The molecule has 0 radical (unpaired) electrons. The third-order valence-electron chi connectivity index (χ3n) is 5.46. The lowest BCUT2D eigenvalue weighted by Crippen LogP contribution is -2.27. The summed E-state index contributed by atoms with van der Waals surface area (Å²) in [6.07, 6.45) is 0.359. The zero-order valence-corrected chi connectivity index (χ0v) is 18.5. The van der Waals surface area contributed by atoms with Crippen LogP contribution in [0, 0.1) is 0 Å². The Labute approximate surface area is 194 Å². The number of methoxy groups -OCH3 is 1. The van der Waals surface area contributed by atoms with E-state index in [-0.39, 0.29) is 18.0 Å². The standard InChI is InChI=1S/C25H20ClN3O4/c1-32-22-10-6-5-9-20(22)27-23(30)15-28-25-19(14-16-13-17(26)11-12-21(16)33-25)24(31)29(28)18-7-3-2-4-8-18/h2-13H,14-15H2,1H3,(H,27,30). The molecule has 8 heteroatoms. The Morgan fingerprint density at radius 1 is 1.09 bits per heavy atom. The molecule has 166 valence electrons. The van der Waals surface area contributed by atoms with Crippen LogP contribution >= 0.6 is 11.6 Å². The number of nitrogens with zero attached hydrogens (tertiary/aromatic N) is 2. The first-order valence-electron chi connectivity index (χ1n) is 10.3. The van der Waals surface area contributed by atoms with Crippen molar-refractivity contribution in [3.8, 4) is 23.1 Å². The minimum Gasteiger partial charge on any atom is -0.495 e. The first kappa shape index (κ1) is 20.9. The zero-order chi connectivity index (χ0) is 22.9. The molecule has 1 N–H and O–H groups in total. The molecule has 0 atom stereocenters. The lowest BCUT2D eigenvalue weighted by Gasteiger charge is -2.20. The van der Waals surface area contributed by atoms with E-state index in [1.807, 2.05) is 36.4 Å². The van der Waals surface area contributed by atoms with Crippen LogP contribution in [0.3, 0.4) is 0 Å². The summed E-state index contributed by atoms with van der Waals surface area (Å²) in [6.45, 7) is -0.138. The van der Waals surface area contributed by atoms with Crippen LogP contribution in [0.2, 0.25) is 5.02 Å². The fourth-order valence-corrected chi connectivity index (χ4v) is 4.16. The van der Waals surface area contributed by atoms with Gasteiger partial charge in [-0.1, -0.05) is 41.9 Å². The fourth-order valence-electron chi connectivity index (χ4n) is 3.96. The van der Waals surface area contributed by atoms with Crippen LogP contribution in [0.4, 0.5) is 5.69 Å². The lowest BCUT2D eigenvalue weighted by atomic mass is 10.0. The Balaban J connectivity index is 1.57. The molecule has 5 rings (SSSR count). The maximum Gasteiger partial charge on any atom is 0.278 e. The highest BCUT2D eigenvalue weighted by Gasteiger charge is 2.29. The minimum atomic E-state index is -0.326. The van der Waals surface area contributed by atoms with Crippen LogP contribution in [0.15, 0.2) is 77.6 Å². The number of amides is 1. The van der Waals surface area contributed by atoms with Crippen LogP contribution in [-0.2, 0) is 17.8 Å². The maximum absolute atomic E-state index is 13.4. The number of fused-ring (bicyclic) bond motifs is 2. The number of halogens is 1. The van der Waals surface area contributed by atoms with Crippen LogP contribution in [0.1, 0.15) is 11.1 Å². The van der Waals surface area contributed by atoms with E-state index in [4.69, 9.17) is 21.1 Å². The van der Waals surface area contributed by atoms with Crippen molar-refractivity contribution in [2.75, 3.05) is 12.4 Å². The van der Waals surface area contributed by atoms with Crippen molar-refractivity contribution in [3.63, 3.8) is 0 Å².